The molecular weight excluding hydrogens is 1330 g/mol. The van der Waals surface area contributed by atoms with E-state index in [2.05, 4.69) is 400 Å². The van der Waals surface area contributed by atoms with Crippen LogP contribution in [0.1, 0.15) is 163 Å². The number of hydrogen-bond donors (Lipinski definition) is 0. The van der Waals surface area contributed by atoms with E-state index < -0.39 is 0 Å². The van der Waals surface area contributed by atoms with Gasteiger partial charge < -0.3 is 29.4 Å². The molecule has 0 fully saturated rings. The summed E-state index contributed by atoms with van der Waals surface area (Å²) in [5, 5.41) is 0. The van der Waals surface area contributed by atoms with Crippen molar-refractivity contribution in [1.82, 2.24) is 0 Å². The lowest BCUT2D eigenvalue weighted by atomic mass is 10.1. The smallest absolute Gasteiger partial charge is 0.0463 e. The van der Waals surface area contributed by atoms with Crippen LogP contribution in [0.25, 0.3) is 0 Å². The molecular formula is C104H112N6. The van der Waals surface area contributed by atoms with Crippen LogP contribution in [0.4, 0.5) is 102 Å². The van der Waals surface area contributed by atoms with E-state index >= 15 is 0 Å². The maximum Gasteiger partial charge on any atom is 0.0463 e. The maximum atomic E-state index is 2.41. The van der Waals surface area contributed by atoms with Crippen LogP contribution in [0.3, 0.4) is 0 Å². The molecule has 13 rings (SSSR count). The van der Waals surface area contributed by atoms with Gasteiger partial charge in [-0.15, -0.1) is 0 Å². The monoisotopic (exact) mass is 1440 g/mol. The molecule has 0 spiro atoms. The summed E-state index contributed by atoms with van der Waals surface area (Å²) in [6.07, 6.45) is 20.7. The lowest BCUT2D eigenvalue weighted by molar-refractivity contribution is 0.795. The third-order valence-corrected chi connectivity index (χ3v) is 21.5. The van der Waals surface area contributed by atoms with Gasteiger partial charge in [-0.2, -0.15) is 0 Å². The van der Waals surface area contributed by atoms with E-state index in [0.29, 0.717) is 0 Å². The van der Waals surface area contributed by atoms with Gasteiger partial charge in [-0.1, -0.05) is 188 Å². The Balaban J connectivity index is 0.884. The van der Waals surface area contributed by atoms with Crippen LogP contribution in [-0.4, -0.2) is 0 Å². The number of hydrogen-bond acceptors (Lipinski definition) is 6. The van der Waals surface area contributed by atoms with E-state index in [1.807, 2.05) is 0 Å². The van der Waals surface area contributed by atoms with Crippen LogP contribution in [0, 0.1) is 13.8 Å². The van der Waals surface area contributed by atoms with Crippen LogP contribution in [0.2, 0.25) is 0 Å². The molecule has 0 aliphatic carbocycles. The largest absolute Gasteiger partial charge is 0.311 e. The molecule has 0 aromatic heterocycles. The minimum atomic E-state index is 1.04. The zero-order chi connectivity index (χ0) is 76.0. The highest BCUT2D eigenvalue weighted by molar-refractivity contribution is 5.87. The fourth-order valence-electron chi connectivity index (χ4n) is 15.0. The van der Waals surface area contributed by atoms with Gasteiger partial charge in [0.2, 0.25) is 0 Å². The molecule has 6 heteroatoms. The molecule has 558 valence electrons. The number of nitrogens with zero attached hydrogens (tertiary/aromatic N) is 6. The van der Waals surface area contributed by atoms with Gasteiger partial charge in [0.1, 0.15) is 0 Å². The summed E-state index contributed by atoms with van der Waals surface area (Å²) >= 11 is 0. The van der Waals surface area contributed by atoms with Crippen LogP contribution in [0.5, 0.6) is 0 Å². The summed E-state index contributed by atoms with van der Waals surface area (Å²) in [6, 6.07) is 119. The van der Waals surface area contributed by atoms with Gasteiger partial charge in [-0.05, 0) is 343 Å². The summed E-state index contributed by atoms with van der Waals surface area (Å²) in [7, 11) is 0. The highest BCUT2D eigenvalue weighted by atomic mass is 15.2. The third kappa shape index (κ3) is 19.2. The Bertz CT molecular complexity index is 4500. The summed E-state index contributed by atoms with van der Waals surface area (Å²) in [5.41, 5.74) is 30.4. The van der Waals surface area contributed by atoms with E-state index in [4.69, 9.17) is 0 Å². The van der Waals surface area contributed by atoms with Crippen LogP contribution < -0.4 is 29.4 Å². The molecule has 0 aliphatic rings. The molecule has 0 saturated carbocycles. The van der Waals surface area contributed by atoms with Crippen LogP contribution in [-0.2, 0) is 38.5 Å². The normalized spacial score (nSPS) is 11.2. The van der Waals surface area contributed by atoms with Crippen LogP contribution >= 0.6 is 0 Å². The number of anilines is 18. The molecule has 0 heterocycles. The molecule has 0 saturated heterocycles. The first kappa shape index (κ1) is 76.8. The van der Waals surface area contributed by atoms with Crippen molar-refractivity contribution < 1.29 is 0 Å². The third-order valence-electron chi connectivity index (χ3n) is 21.5. The first-order valence-electron chi connectivity index (χ1n) is 41.1. The molecule has 0 unspecified atom stereocenters. The minimum Gasteiger partial charge on any atom is -0.311 e. The summed E-state index contributed by atoms with van der Waals surface area (Å²) < 4.78 is 0. The van der Waals surface area contributed by atoms with Crippen molar-refractivity contribution in [2.75, 3.05) is 29.4 Å². The first-order chi connectivity index (χ1) is 54.1. The summed E-state index contributed by atoms with van der Waals surface area (Å²) in [4.78, 5) is 14.4. The van der Waals surface area contributed by atoms with Crippen molar-refractivity contribution in [2.45, 2.75) is 171 Å². The van der Waals surface area contributed by atoms with Gasteiger partial charge in [0.15, 0.2) is 0 Å². The van der Waals surface area contributed by atoms with Gasteiger partial charge >= 0.3 is 0 Å². The Morgan fingerprint density at radius 3 is 0.327 bits per heavy atom. The molecule has 13 aromatic rings. The Kier molecular flexibility index (Phi) is 26.6. The van der Waals surface area contributed by atoms with Gasteiger partial charge in [0, 0.05) is 102 Å². The SMILES string of the molecule is CCCCc1ccc(N(c2ccc(CCCC)cc2)c2ccc(N(c3ccc(C)cc3)c3ccc(N(c4ccc(N(c5ccc(CCCC)cc5)c5ccc(CCCC)cc5)cc4)c4ccc(N(c5ccc(C)cc5)c5ccc(N(c6ccc(CCCC)cc6)c6ccc(CCCC)cc6)cc5)cc4)cc3)cc2)cc1. The van der Waals surface area contributed by atoms with E-state index in [9.17, 15) is 0 Å². The predicted octanol–water partition coefficient (Wildman–Crippen LogP) is 31.2. The van der Waals surface area contributed by atoms with E-state index in [1.54, 1.807) is 0 Å². The van der Waals surface area contributed by atoms with Crippen molar-refractivity contribution in [3.8, 4) is 0 Å². The molecule has 0 atom stereocenters. The minimum absolute atomic E-state index is 1.04. The van der Waals surface area contributed by atoms with Crippen molar-refractivity contribution in [3.05, 3.63) is 360 Å². The van der Waals surface area contributed by atoms with E-state index in [-0.39, 0.29) is 0 Å². The Morgan fingerprint density at radius 2 is 0.227 bits per heavy atom. The number of unbranched alkanes of at least 4 members (excludes halogenated alkanes) is 6. The second kappa shape index (κ2) is 38.1. The zero-order valence-corrected chi connectivity index (χ0v) is 66.4. The van der Waals surface area contributed by atoms with Crippen LogP contribution in [0.15, 0.2) is 315 Å². The Labute approximate surface area is 658 Å². The predicted molar refractivity (Wildman–Crippen MR) is 476 cm³/mol. The van der Waals surface area contributed by atoms with E-state index in [1.165, 1.54) is 122 Å². The molecule has 13 aromatic carbocycles. The molecule has 0 amide bonds. The molecule has 0 aliphatic heterocycles. The van der Waals surface area contributed by atoms with Crippen molar-refractivity contribution >= 4 is 102 Å². The average Bonchev–Trinajstić information content (AvgIpc) is 0.782. The number of aryl methyl sites for hydroxylation is 8. The number of rotatable bonds is 36. The highest BCUT2D eigenvalue weighted by Gasteiger charge is 2.23. The van der Waals surface area contributed by atoms with Gasteiger partial charge in [-0.25, -0.2) is 0 Å². The lowest BCUT2D eigenvalue weighted by Gasteiger charge is -2.31. The average molecular weight is 1450 g/mol. The molecule has 0 radical (unpaired) electrons. The van der Waals surface area contributed by atoms with Gasteiger partial charge in [0.25, 0.3) is 0 Å². The second-order valence-corrected chi connectivity index (χ2v) is 29.9. The highest BCUT2D eigenvalue weighted by Crippen LogP contribution is 2.46. The van der Waals surface area contributed by atoms with Crippen molar-refractivity contribution in [1.29, 1.82) is 0 Å². The van der Waals surface area contributed by atoms with Crippen molar-refractivity contribution in [2.24, 2.45) is 0 Å². The maximum absolute atomic E-state index is 2.41. The summed E-state index contributed by atoms with van der Waals surface area (Å²) in [6.45, 7) is 17.9. The Morgan fingerprint density at radius 1 is 0.136 bits per heavy atom. The second-order valence-electron chi connectivity index (χ2n) is 29.9. The fourth-order valence-corrected chi connectivity index (χ4v) is 15.0. The molecule has 110 heavy (non-hydrogen) atoms. The Hall–Kier alpha value is -11.3. The van der Waals surface area contributed by atoms with E-state index in [0.717, 1.165) is 141 Å². The topological polar surface area (TPSA) is 19.4 Å². The lowest BCUT2D eigenvalue weighted by Crippen LogP contribution is -2.14. The quantitative estimate of drug-likeness (QED) is 0.0387. The van der Waals surface area contributed by atoms with Gasteiger partial charge in [-0.3, -0.25) is 0 Å². The standard InChI is InChI=1S/C104H112N6/c1-9-15-21-81-31-47-89(48-32-81)107(90-49-33-82(34-50-90)22-16-10-2)99-67-59-95(60-68-99)105(87-43-27-79(7)28-44-87)97-63-73-102(74-64-97)110(104-77-71-101(72-78-104)109(93-55-39-85(40-56-93)25-19-13-5)94-57-41-86(42-58-94)26-20-14-6)103-75-65-98(66-76-103)106(88-45-29-80(8)30-46-88)96-61-69-100(70-62-96)108(91-51-35-83(36-52-91)23-17-11-3)92-53-37-84(38-54-92)24-18-12-4/h27-78H,9-26H2,1-8H3. The summed E-state index contributed by atoms with van der Waals surface area (Å²) in [5.74, 6) is 0. The van der Waals surface area contributed by atoms with Crippen molar-refractivity contribution in [3.63, 3.8) is 0 Å². The molecule has 0 N–H and O–H groups in total. The molecule has 6 nitrogen and oxygen atoms in total. The fraction of sp³-hybridized carbons (Fsp3) is 0.250. The number of benzene rings is 13. The van der Waals surface area contributed by atoms with Gasteiger partial charge in [0.05, 0.1) is 0 Å². The zero-order valence-electron chi connectivity index (χ0n) is 66.4. The molecule has 0 bridgehead atoms. The first-order valence-corrected chi connectivity index (χ1v) is 41.1.